The number of rotatable bonds is 5. The van der Waals surface area contributed by atoms with E-state index < -0.39 is 5.97 Å². The topological polar surface area (TPSA) is 35.5 Å². The highest BCUT2D eigenvalue weighted by molar-refractivity contribution is 5.89. The predicted molar refractivity (Wildman–Crippen MR) is 81.1 cm³/mol. The zero-order valence-electron chi connectivity index (χ0n) is 11.8. The van der Waals surface area contributed by atoms with Gasteiger partial charge >= 0.3 is 5.97 Å². The van der Waals surface area contributed by atoms with Gasteiger partial charge in [0.15, 0.2) is 6.61 Å². The van der Waals surface area contributed by atoms with Crippen molar-refractivity contribution >= 4 is 5.97 Å². The molecule has 0 aliphatic heterocycles. The monoisotopic (exact) mass is 280 g/mol. The molecule has 0 atom stereocenters. The Morgan fingerprint density at radius 2 is 1.76 bits per heavy atom. The molecule has 0 bridgehead atoms. The van der Waals surface area contributed by atoms with E-state index in [9.17, 15) is 4.79 Å². The van der Waals surface area contributed by atoms with Crippen molar-refractivity contribution in [2.75, 3.05) is 6.61 Å². The van der Waals surface area contributed by atoms with Crippen LogP contribution in [0.15, 0.2) is 48.5 Å². The first kappa shape index (κ1) is 14.7. The SMILES string of the molecule is C#CCOC(=O)c1ccc(OCc2ccc(C)cc2)cc1. The van der Waals surface area contributed by atoms with Crippen molar-refractivity contribution in [2.45, 2.75) is 13.5 Å². The van der Waals surface area contributed by atoms with Gasteiger partial charge in [0.05, 0.1) is 5.56 Å². The predicted octanol–water partition coefficient (Wildman–Crippen LogP) is 3.36. The number of aryl methyl sites for hydroxylation is 1. The lowest BCUT2D eigenvalue weighted by atomic mass is 10.2. The first-order valence-corrected chi connectivity index (χ1v) is 6.58. The largest absolute Gasteiger partial charge is 0.489 e. The molecule has 2 aromatic carbocycles. The van der Waals surface area contributed by atoms with Crippen molar-refractivity contribution in [1.82, 2.24) is 0 Å². The number of hydrogen-bond acceptors (Lipinski definition) is 3. The van der Waals surface area contributed by atoms with Gasteiger partial charge < -0.3 is 9.47 Å². The molecule has 0 amide bonds. The van der Waals surface area contributed by atoms with Crippen molar-refractivity contribution in [3.8, 4) is 18.1 Å². The van der Waals surface area contributed by atoms with Crippen LogP contribution in [0.3, 0.4) is 0 Å². The summed E-state index contributed by atoms with van der Waals surface area (Å²) in [7, 11) is 0. The Hall–Kier alpha value is -2.73. The van der Waals surface area contributed by atoms with E-state index in [0.29, 0.717) is 17.9 Å². The number of carbonyl (C=O) groups is 1. The lowest BCUT2D eigenvalue weighted by molar-refractivity contribution is 0.0556. The average Bonchev–Trinajstić information content (AvgIpc) is 2.52. The van der Waals surface area contributed by atoms with Gasteiger partial charge in [-0.3, -0.25) is 0 Å². The van der Waals surface area contributed by atoms with Crippen LogP contribution in [0.5, 0.6) is 5.75 Å². The first-order valence-electron chi connectivity index (χ1n) is 6.58. The molecular formula is C18H16O3. The molecule has 0 aliphatic carbocycles. The maximum atomic E-state index is 11.6. The maximum Gasteiger partial charge on any atom is 0.339 e. The first-order chi connectivity index (χ1) is 10.2. The molecule has 3 heteroatoms. The number of hydrogen-bond donors (Lipinski definition) is 0. The molecule has 0 fully saturated rings. The molecular weight excluding hydrogens is 264 g/mol. The Morgan fingerprint density at radius 3 is 2.38 bits per heavy atom. The molecule has 0 aliphatic rings. The summed E-state index contributed by atoms with van der Waals surface area (Å²) < 4.78 is 10.5. The van der Waals surface area contributed by atoms with Crippen LogP contribution in [0.25, 0.3) is 0 Å². The second-order valence-corrected chi connectivity index (χ2v) is 4.58. The van der Waals surface area contributed by atoms with Gasteiger partial charge in [-0.25, -0.2) is 4.79 Å². The zero-order valence-corrected chi connectivity index (χ0v) is 11.8. The highest BCUT2D eigenvalue weighted by Gasteiger charge is 2.06. The summed E-state index contributed by atoms with van der Waals surface area (Å²) in [6, 6.07) is 14.9. The lowest BCUT2D eigenvalue weighted by Crippen LogP contribution is -2.05. The zero-order chi connectivity index (χ0) is 15.1. The third kappa shape index (κ3) is 4.39. The van der Waals surface area contributed by atoms with Crippen molar-refractivity contribution in [2.24, 2.45) is 0 Å². The summed E-state index contributed by atoms with van der Waals surface area (Å²) >= 11 is 0. The summed E-state index contributed by atoms with van der Waals surface area (Å²) in [6.45, 7) is 2.51. The highest BCUT2D eigenvalue weighted by atomic mass is 16.5. The number of esters is 1. The number of benzene rings is 2. The molecule has 2 aromatic rings. The van der Waals surface area contributed by atoms with Crippen LogP contribution in [0.1, 0.15) is 21.5 Å². The molecule has 0 heterocycles. The minimum absolute atomic E-state index is 0.0233. The number of carbonyl (C=O) groups excluding carboxylic acids is 1. The molecule has 0 radical (unpaired) electrons. The molecule has 0 aromatic heterocycles. The summed E-state index contributed by atoms with van der Waals surface area (Å²) in [4.78, 5) is 11.6. The van der Waals surface area contributed by atoms with Crippen LogP contribution < -0.4 is 4.74 Å². The van der Waals surface area contributed by atoms with E-state index in [1.807, 2.05) is 31.2 Å². The molecule has 3 nitrogen and oxygen atoms in total. The van der Waals surface area contributed by atoms with Crippen LogP contribution in [0, 0.1) is 19.3 Å². The minimum Gasteiger partial charge on any atom is -0.489 e. The van der Waals surface area contributed by atoms with Gasteiger partial charge in [0.1, 0.15) is 12.4 Å². The second kappa shape index (κ2) is 7.16. The van der Waals surface area contributed by atoms with Crippen molar-refractivity contribution in [3.05, 3.63) is 65.2 Å². The van der Waals surface area contributed by atoms with E-state index in [2.05, 4.69) is 5.92 Å². The third-order valence-electron chi connectivity index (χ3n) is 2.90. The van der Waals surface area contributed by atoms with Gasteiger partial charge in [-0.2, -0.15) is 0 Å². The van der Waals surface area contributed by atoms with Crippen LogP contribution in [-0.4, -0.2) is 12.6 Å². The molecule has 2 rings (SSSR count). The fourth-order valence-electron chi connectivity index (χ4n) is 1.73. The summed E-state index contributed by atoms with van der Waals surface area (Å²) in [5.41, 5.74) is 2.76. The Balaban J connectivity index is 1.92. The van der Waals surface area contributed by atoms with E-state index in [0.717, 1.165) is 5.56 Å². The second-order valence-electron chi connectivity index (χ2n) is 4.58. The fourth-order valence-corrected chi connectivity index (χ4v) is 1.73. The van der Waals surface area contributed by atoms with Crippen LogP contribution in [0.2, 0.25) is 0 Å². The summed E-state index contributed by atoms with van der Waals surface area (Å²) in [6.07, 6.45) is 5.04. The Bertz CT molecular complexity index is 634. The van der Waals surface area contributed by atoms with Crippen LogP contribution >= 0.6 is 0 Å². The van der Waals surface area contributed by atoms with E-state index in [1.54, 1.807) is 24.3 Å². The Labute approximate surface area is 124 Å². The van der Waals surface area contributed by atoms with Crippen molar-refractivity contribution < 1.29 is 14.3 Å². The molecule has 0 saturated heterocycles. The molecule has 0 saturated carbocycles. The van der Waals surface area contributed by atoms with E-state index in [4.69, 9.17) is 15.9 Å². The van der Waals surface area contributed by atoms with E-state index >= 15 is 0 Å². The molecule has 0 unspecified atom stereocenters. The van der Waals surface area contributed by atoms with Crippen LogP contribution in [0.4, 0.5) is 0 Å². The normalized spacial score (nSPS) is 9.71. The minimum atomic E-state index is -0.432. The van der Waals surface area contributed by atoms with Gasteiger partial charge in [0.2, 0.25) is 0 Å². The van der Waals surface area contributed by atoms with Crippen LogP contribution in [-0.2, 0) is 11.3 Å². The van der Waals surface area contributed by atoms with Gasteiger partial charge in [0.25, 0.3) is 0 Å². The fraction of sp³-hybridized carbons (Fsp3) is 0.167. The van der Waals surface area contributed by atoms with Gasteiger partial charge in [-0.05, 0) is 36.8 Å². The molecule has 106 valence electrons. The smallest absolute Gasteiger partial charge is 0.339 e. The third-order valence-corrected chi connectivity index (χ3v) is 2.90. The average molecular weight is 280 g/mol. The maximum absolute atomic E-state index is 11.6. The molecule has 0 spiro atoms. The molecule has 0 N–H and O–H groups in total. The van der Waals surface area contributed by atoms with Gasteiger partial charge in [-0.15, -0.1) is 6.42 Å². The van der Waals surface area contributed by atoms with Gasteiger partial charge in [0, 0.05) is 0 Å². The quantitative estimate of drug-likeness (QED) is 0.622. The standard InChI is InChI=1S/C18H16O3/c1-3-12-20-18(19)16-8-10-17(11-9-16)21-13-15-6-4-14(2)5-7-15/h1,4-11H,12-13H2,2H3. The number of ether oxygens (including phenoxy) is 2. The van der Waals surface area contributed by atoms with E-state index in [-0.39, 0.29) is 6.61 Å². The Morgan fingerprint density at radius 1 is 1.10 bits per heavy atom. The highest BCUT2D eigenvalue weighted by Crippen LogP contribution is 2.15. The summed E-state index contributed by atoms with van der Waals surface area (Å²) in [5.74, 6) is 2.52. The lowest BCUT2D eigenvalue weighted by Gasteiger charge is -2.07. The molecule has 21 heavy (non-hydrogen) atoms. The Kier molecular flexibility index (Phi) is 5.00. The van der Waals surface area contributed by atoms with Crippen molar-refractivity contribution in [3.63, 3.8) is 0 Å². The number of terminal acetylenes is 1. The summed E-state index contributed by atoms with van der Waals surface area (Å²) in [5, 5.41) is 0. The van der Waals surface area contributed by atoms with Gasteiger partial charge in [-0.1, -0.05) is 35.7 Å². The van der Waals surface area contributed by atoms with E-state index in [1.165, 1.54) is 5.56 Å². The van der Waals surface area contributed by atoms with Crippen molar-refractivity contribution in [1.29, 1.82) is 0 Å².